The zero-order valence-electron chi connectivity index (χ0n) is 15.1. The Morgan fingerprint density at radius 2 is 2.04 bits per heavy atom. The smallest absolute Gasteiger partial charge is 0.215 e. The molecule has 3 N–H and O–H groups in total. The lowest BCUT2D eigenvalue weighted by molar-refractivity contribution is 0.931. The van der Waals surface area contributed by atoms with Crippen molar-refractivity contribution in [3.63, 3.8) is 0 Å². The van der Waals surface area contributed by atoms with E-state index >= 15 is 0 Å². The van der Waals surface area contributed by atoms with Crippen LogP contribution in [0.25, 0.3) is 0 Å². The minimum atomic E-state index is 0.228. The molecular formula is C20H21ClN6. The van der Waals surface area contributed by atoms with E-state index in [9.17, 15) is 0 Å². The minimum Gasteiger partial charge on any atom is -0.368 e. The third kappa shape index (κ3) is 4.74. The summed E-state index contributed by atoms with van der Waals surface area (Å²) in [6, 6.07) is 3.88. The largest absolute Gasteiger partial charge is 0.368 e. The third-order valence-corrected chi connectivity index (χ3v) is 4.49. The third-order valence-electron chi connectivity index (χ3n) is 3.99. The number of aliphatic imine (C=N–C) groups is 2. The molecule has 0 radical (unpaired) electrons. The van der Waals surface area contributed by atoms with Crippen LogP contribution in [0.3, 0.4) is 0 Å². The van der Waals surface area contributed by atoms with Crippen molar-refractivity contribution in [2.45, 2.75) is 13.3 Å². The Morgan fingerprint density at radius 1 is 1.26 bits per heavy atom. The van der Waals surface area contributed by atoms with Crippen LogP contribution in [-0.2, 0) is 0 Å². The highest BCUT2D eigenvalue weighted by Gasteiger charge is 2.13. The second kappa shape index (κ2) is 8.51. The zero-order valence-corrected chi connectivity index (χ0v) is 15.8. The molecule has 2 aliphatic heterocycles. The van der Waals surface area contributed by atoms with E-state index in [4.69, 9.17) is 17.3 Å². The molecule has 1 aromatic heterocycles. The van der Waals surface area contributed by atoms with Crippen LogP contribution in [0.1, 0.15) is 13.3 Å². The Hall–Kier alpha value is -3.12. The molecule has 1 aromatic rings. The van der Waals surface area contributed by atoms with Gasteiger partial charge in [-0.3, -0.25) is 4.98 Å². The number of anilines is 1. The van der Waals surface area contributed by atoms with Crippen molar-refractivity contribution >= 4 is 29.0 Å². The molecule has 2 aliphatic rings. The first-order valence-corrected chi connectivity index (χ1v) is 8.86. The summed E-state index contributed by atoms with van der Waals surface area (Å²) in [6.07, 6.45) is 14.3. The number of hydrogen-bond acceptors (Lipinski definition) is 6. The van der Waals surface area contributed by atoms with Crippen molar-refractivity contribution in [1.29, 1.82) is 0 Å². The predicted molar refractivity (Wildman–Crippen MR) is 112 cm³/mol. The summed E-state index contributed by atoms with van der Waals surface area (Å²) in [6.45, 7) is 6.32. The lowest BCUT2D eigenvalue weighted by atomic mass is 10.2. The topological polar surface area (TPSA) is 78.9 Å². The van der Waals surface area contributed by atoms with Crippen LogP contribution in [0.5, 0.6) is 0 Å². The van der Waals surface area contributed by atoms with Gasteiger partial charge in [0.1, 0.15) is 0 Å². The van der Waals surface area contributed by atoms with Gasteiger partial charge in [-0.05, 0) is 37.6 Å². The van der Waals surface area contributed by atoms with E-state index in [1.165, 1.54) is 0 Å². The molecule has 0 aromatic carbocycles. The van der Waals surface area contributed by atoms with Gasteiger partial charge in [0, 0.05) is 35.7 Å². The summed E-state index contributed by atoms with van der Waals surface area (Å²) in [7, 11) is 0. The van der Waals surface area contributed by atoms with Gasteiger partial charge in [-0.1, -0.05) is 30.3 Å². The molecule has 0 bridgehead atoms. The molecule has 6 nitrogen and oxygen atoms in total. The van der Waals surface area contributed by atoms with Crippen LogP contribution in [0.15, 0.2) is 93.7 Å². The van der Waals surface area contributed by atoms with Gasteiger partial charge < -0.3 is 16.0 Å². The quantitative estimate of drug-likeness (QED) is 0.839. The minimum absolute atomic E-state index is 0.228. The molecule has 0 saturated carbocycles. The number of halogens is 1. The fourth-order valence-electron chi connectivity index (χ4n) is 2.61. The maximum atomic E-state index is 6.42. The molecule has 0 amide bonds. The number of nitrogens with two attached hydrogens (primary N) is 1. The number of hydrogen-bond donors (Lipinski definition) is 2. The zero-order chi connectivity index (χ0) is 19.2. The van der Waals surface area contributed by atoms with E-state index < -0.39 is 0 Å². The Balaban J connectivity index is 1.81. The molecule has 0 spiro atoms. The maximum Gasteiger partial charge on any atom is 0.215 e. The highest BCUT2D eigenvalue weighted by atomic mass is 35.5. The van der Waals surface area contributed by atoms with Gasteiger partial charge in [0.2, 0.25) is 5.96 Å². The molecule has 0 fully saturated rings. The fraction of sp³-hybridized carbons (Fsp3) is 0.150. The van der Waals surface area contributed by atoms with Crippen LogP contribution in [-0.4, -0.2) is 23.2 Å². The number of aromatic nitrogens is 1. The molecule has 0 aliphatic carbocycles. The van der Waals surface area contributed by atoms with Crippen molar-refractivity contribution in [3.05, 3.63) is 83.7 Å². The number of guanidine groups is 1. The van der Waals surface area contributed by atoms with E-state index in [0.29, 0.717) is 17.3 Å². The van der Waals surface area contributed by atoms with Gasteiger partial charge in [-0.2, -0.15) is 0 Å². The van der Waals surface area contributed by atoms with E-state index in [0.717, 1.165) is 29.2 Å². The Morgan fingerprint density at radius 3 is 2.81 bits per heavy atom. The van der Waals surface area contributed by atoms with Crippen LogP contribution < -0.4 is 16.0 Å². The summed E-state index contributed by atoms with van der Waals surface area (Å²) in [5, 5.41) is 3.87. The molecule has 3 heterocycles. The molecular weight excluding hydrogens is 360 g/mol. The van der Waals surface area contributed by atoms with Crippen molar-refractivity contribution in [2.24, 2.45) is 15.7 Å². The van der Waals surface area contributed by atoms with Crippen molar-refractivity contribution in [3.8, 4) is 0 Å². The molecule has 0 unspecified atom stereocenters. The molecule has 0 saturated heterocycles. The number of nitrogens with one attached hydrogen (secondary N) is 1. The van der Waals surface area contributed by atoms with Gasteiger partial charge >= 0.3 is 0 Å². The molecule has 138 valence electrons. The normalized spacial score (nSPS) is 22.4. The standard InChI is InChI=1S/C20H21ClN6/c1-14-6-7-16(26-18-13-24-20(22)25-15(2)19(18)21)5-3-4-12-27(14)17-8-10-23-11-9-17/h4-12,26H,1,3,13H2,2H3,(H2,22,24)/b7-6-,12-4-,16-5+. The molecule has 7 heteroatoms. The monoisotopic (exact) mass is 380 g/mol. The second-order valence-corrected chi connectivity index (χ2v) is 6.35. The Bertz CT molecular complexity index is 906. The summed E-state index contributed by atoms with van der Waals surface area (Å²) in [5.41, 5.74) is 9.85. The van der Waals surface area contributed by atoms with Gasteiger partial charge in [0.15, 0.2) is 0 Å². The van der Waals surface area contributed by atoms with Crippen LogP contribution in [0.4, 0.5) is 5.69 Å². The van der Waals surface area contributed by atoms with Crippen LogP contribution >= 0.6 is 11.6 Å². The SMILES string of the molecule is C=C1/C=C\C(NC2=C(Cl)C(C)=NC(N)=NC2)=C/C/C=C\N1c1ccncc1. The van der Waals surface area contributed by atoms with E-state index in [1.807, 2.05) is 42.3 Å². The average Bonchev–Trinajstić information content (AvgIpc) is 2.74. The summed E-state index contributed by atoms with van der Waals surface area (Å²) in [4.78, 5) is 14.4. The summed E-state index contributed by atoms with van der Waals surface area (Å²) < 4.78 is 0. The van der Waals surface area contributed by atoms with E-state index in [2.05, 4.69) is 39.0 Å². The number of nitrogens with zero attached hydrogens (tertiary/aromatic N) is 4. The summed E-state index contributed by atoms with van der Waals surface area (Å²) >= 11 is 6.42. The van der Waals surface area contributed by atoms with Crippen molar-refractivity contribution < 1.29 is 0 Å². The lowest BCUT2D eigenvalue weighted by Crippen LogP contribution is -2.17. The van der Waals surface area contributed by atoms with E-state index in [-0.39, 0.29) is 5.96 Å². The predicted octanol–water partition coefficient (Wildman–Crippen LogP) is 3.59. The second-order valence-electron chi connectivity index (χ2n) is 5.97. The van der Waals surface area contributed by atoms with Gasteiger partial charge in [-0.25, -0.2) is 9.98 Å². The number of allylic oxidation sites excluding steroid dienone is 5. The van der Waals surface area contributed by atoms with Gasteiger partial charge in [-0.15, -0.1) is 0 Å². The Kier molecular flexibility index (Phi) is 5.88. The first-order chi connectivity index (χ1) is 13.0. The van der Waals surface area contributed by atoms with Crippen molar-refractivity contribution in [1.82, 2.24) is 10.3 Å². The Labute approximate surface area is 163 Å². The molecule has 3 rings (SSSR count). The highest BCUT2D eigenvalue weighted by molar-refractivity contribution is 6.44. The highest BCUT2D eigenvalue weighted by Crippen LogP contribution is 2.21. The average molecular weight is 381 g/mol. The molecule has 0 atom stereocenters. The maximum absolute atomic E-state index is 6.42. The number of pyridine rings is 1. The molecule has 27 heavy (non-hydrogen) atoms. The first-order valence-electron chi connectivity index (χ1n) is 8.49. The number of rotatable bonds is 3. The van der Waals surface area contributed by atoms with Gasteiger partial charge in [0.05, 0.1) is 23.0 Å². The van der Waals surface area contributed by atoms with Crippen LogP contribution in [0, 0.1) is 0 Å². The van der Waals surface area contributed by atoms with Crippen molar-refractivity contribution in [2.75, 3.05) is 11.4 Å². The first kappa shape index (κ1) is 18.7. The fourth-order valence-corrected chi connectivity index (χ4v) is 2.76. The van der Waals surface area contributed by atoms with Gasteiger partial charge in [0.25, 0.3) is 0 Å². The lowest BCUT2D eigenvalue weighted by Gasteiger charge is -2.20. The van der Waals surface area contributed by atoms with Crippen LogP contribution in [0.2, 0.25) is 0 Å². The van der Waals surface area contributed by atoms with E-state index in [1.54, 1.807) is 12.4 Å². The summed E-state index contributed by atoms with van der Waals surface area (Å²) in [5.74, 6) is 0.228.